The number of benzene rings is 1. The van der Waals surface area contributed by atoms with E-state index in [1.54, 1.807) is 12.1 Å². The zero-order valence-corrected chi connectivity index (χ0v) is 12.1. The number of rotatable bonds is 5. The summed E-state index contributed by atoms with van der Waals surface area (Å²) in [7, 11) is 0. The Kier molecular flexibility index (Phi) is 4.34. The minimum atomic E-state index is -0.958. The highest BCUT2D eigenvalue weighted by molar-refractivity contribution is 7.17. The van der Waals surface area contributed by atoms with Crippen LogP contribution < -0.4 is 4.90 Å². The van der Waals surface area contributed by atoms with Gasteiger partial charge in [0, 0.05) is 12.2 Å². The van der Waals surface area contributed by atoms with Gasteiger partial charge in [0.05, 0.1) is 5.69 Å². The standard InChI is InChI=1S/C14H15FN2O2S/c1-3-11-12(13(18)19)20-14(16-11)17(4-2)10-7-5-9(15)6-8-10/h5-8H,3-4H2,1-2H3,(H,18,19). The summed E-state index contributed by atoms with van der Waals surface area (Å²) in [5.41, 5.74) is 1.38. The molecule has 0 unspecified atom stereocenters. The summed E-state index contributed by atoms with van der Waals surface area (Å²) in [6, 6.07) is 6.08. The molecule has 1 aromatic heterocycles. The maximum absolute atomic E-state index is 13.0. The van der Waals surface area contributed by atoms with Gasteiger partial charge in [-0.15, -0.1) is 0 Å². The fourth-order valence-corrected chi connectivity index (χ4v) is 2.99. The normalized spacial score (nSPS) is 10.6. The van der Waals surface area contributed by atoms with Gasteiger partial charge >= 0.3 is 5.97 Å². The first-order valence-electron chi connectivity index (χ1n) is 6.32. The summed E-state index contributed by atoms with van der Waals surface area (Å²) < 4.78 is 13.0. The average Bonchev–Trinajstić information content (AvgIpc) is 2.86. The maximum atomic E-state index is 13.0. The van der Waals surface area contributed by atoms with Crippen LogP contribution in [0.25, 0.3) is 0 Å². The van der Waals surface area contributed by atoms with E-state index in [1.165, 1.54) is 12.1 Å². The van der Waals surface area contributed by atoms with E-state index in [1.807, 2.05) is 18.7 Å². The summed E-state index contributed by atoms with van der Waals surface area (Å²) in [6.45, 7) is 4.44. The van der Waals surface area contributed by atoms with Gasteiger partial charge in [0.25, 0.3) is 0 Å². The van der Waals surface area contributed by atoms with Crippen molar-refractivity contribution in [2.75, 3.05) is 11.4 Å². The molecule has 1 aromatic carbocycles. The molecule has 0 saturated heterocycles. The molecule has 106 valence electrons. The van der Waals surface area contributed by atoms with Crippen LogP contribution in [0.2, 0.25) is 0 Å². The number of aromatic nitrogens is 1. The molecule has 4 nitrogen and oxygen atoms in total. The van der Waals surface area contributed by atoms with Crippen molar-refractivity contribution in [3.05, 3.63) is 40.7 Å². The molecule has 0 amide bonds. The zero-order valence-electron chi connectivity index (χ0n) is 11.3. The maximum Gasteiger partial charge on any atom is 0.347 e. The van der Waals surface area contributed by atoms with E-state index in [0.717, 1.165) is 17.0 Å². The number of nitrogens with zero attached hydrogens (tertiary/aromatic N) is 2. The number of halogens is 1. The molecule has 2 aromatic rings. The third-order valence-corrected chi connectivity index (χ3v) is 4.01. The second-order valence-corrected chi connectivity index (χ2v) is 5.13. The number of thiazole rings is 1. The molecule has 1 heterocycles. The van der Waals surface area contributed by atoms with Gasteiger partial charge in [-0.25, -0.2) is 14.2 Å². The lowest BCUT2D eigenvalue weighted by Crippen LogP contribution is -2.15. The van der Waals surface area contributed by atoms with Gasteiger partial charge in [0.15, 0.2) is 5.13 Å². The first-order valence-corrected chi connectivity index (χ1v) is 7.14. The number of anilines is 2. The summed E-state index contributed by atoms with van der Waals surface area (Å²) in [5.74, 6) is -1.26. The van der Waals surface area contributed by atoms with Crippen molar-refractivity contribution in [1.29, 1.82) is 0 Å². The molecule has 6 heteroatoms. The van der Waals surface area contributed by atoms with Crippen LogP contribution in [0.3, 0.4) is 0 Å². The number of carboxylic acids is 1. The van der Waals surface area contributed by atoms with Crippen LogP contribution in [0.5, 0.6) is 0 Å². The minimum Gasteiger partial charge on any atom is -0.477 e. The van der Waals surface area contributed by atoms with Gasteiger partial charge in [-0.3, -0.25) is 0 Å². The van der Waals surface area contributed by atoms with Crippen LogP contribution in [-0.2, 0) is 6.42 Å². The highest BCUT2D eigenvalue weighted by Gasteiger charge is 2.19. The summed E-state index contributed by atoms with van der Waals surface area (Å²) in [5, 5.41) is 9.79. The summed E-state index contributed by atoms with van der Waals surface area (Å²) >= 11 is 1.15. The van der Waals surface area contributed by atoms with E-state index in [-0.39, 0.29) is 10.7 Å². The predicted molar refractivity (Wildman–Crippen MR) is 77.5 cm³/mol. The van der Waals surface area contributed by atoms with Crippen LogP contribution in [0.15, 0.2) is 24.3 Å². The molecule has 0 radical (unpaired) electrons. The van der Waals surface area contributed by atoms with E-state index >= 15 is 0 Å². The Bertz CT molecular complexity index is 610. The van der Waals surface area contributed by atoms with Crippen molar-refractivity contribution in [2.45, 2.75) is 20.3 Å². The van der Waals surface area contributed by atoms with Crippen LogP contribution in [0.1, 0.15) is 29.2 Å². The van der Waals surface area contributed by atoms with Gasteiger partial charge in [0.2, 0.25) is 0 Å². The van der Waals surface area contributed by atoms with Crippen molar-refractivity contribution < 1.29 is 14.3 Å². The van der Waals surface area contributed by atoms with Crippen molar-refractivity contribution in [2.24, 2.45) is 0 Å². The molecular formula is C14H15FN2O2S. The predicted octanol–water partition coefficient (Wildman–Crippen LogP) is 3.70. The van der Waals surface area contributed by atoms with Crippen molar-refractivity contribution in [3.63, 3.8) is 0 Å². The van der Waals surface area contributed by atoms with E-state index in [2.05, 4.69) is 4.98 Å². The SMILES string of the molecule is CCc1nc(N(CC)c2ccc(F)cc2)sc1C(=O)O. The molecule has 0 spiro atoms. The molecule has 0 aliphatic carbocycles. The Morgan fingerprint density at radius 3 is 2.45 bits per heavy atom. The first kappa shape index (κ1) is 14.5. The molecule has 0 aliphatic heterocycles. The van der Waals surface area contributed by atoms with E-state index in [4.69, 9.17) is 0 Å². The lowest BCUT2D eigenvalue weighted by atomic mass is 10.3. The minimum absolute atomic E-state index is 0.267. The van der Waals surface area contributed by atoms with E-state index in [9.17, 15) is 14.3 Å². The second kappa shape index (κ2) is 6.00. The molecule has 0 saturated carbocycles. The fourth-order valence-electron chi connectivity index (χ4n) is 1.91. The number of carboxylic acid groups (broad SMARTS) is 1. The lowest BCUT2D eigenvalue weighted by Gasteiger charge is -2.19. The number of aromatic carboxylic acids is 1. The average molecular weight is 294 g/mol. The number of hydrogen-bond acceptors (Lipinski definition) is 4. The largest absolute Gasteiger partial charge is 0.477 e. The van der Waals surface area contributed by atoms with Gasteiger partial charge < -0.3 is 10.0 Å². The molecule has 2 rings (SSSR count). The smallest absolute Gasteiger partial charge is 0.347 e. The third kappa shape index (κ3) is 2.80. The Labute approximate surface area is 120 Å². The van der Waals surface area contributed by atoms with Crippen molar-refractivity contribution in [3.8, 4) is 0 Å². The molecule has 0 atom stereocenters. The fraction of sp³-hybridized carbons (Fsp3) is 0.286. The quantitative estimate of drug-likeness (QED) is 0.913. The number of aryl methyl sites for hydroxylation is 1. The van der Waals surface area contributed by atoms with Crippen LogP contribution in [0.4, 0.5) is 15.2 Å². The van der Waals surface area contributed by atoms with Gasteiger partial charge in [-0.2, -0.15) is 0 Å². The van der Waals surface area contributed by atoms with Gasteiger partial charge in [0.1, 0.15) is 10.7 Å². The topological polar surface area (TPSA) is 53.4 Å². The summed E-state index contributed by atoms with van der Waals surface area (Å²) in [4.78, 5) is 17.7. The Morgan fingerprint density at radius 2 is 2.00 bits per heavy atom. The number of hydrogen-bond donors (Lipinski definition) is 1. The van der Waals surface area contributed by atoms with Crippen LogP contribution in [0, 0.1) is 5.82 Å². The van der Waals surface area contributed by atoms with Gasteiger partial charge in [-0.1, -0.05) is 18.3 Å². The molecule has 0 aliphatic rings. The van der Waals surface area contributed by atoms with Crippen molar-refractivity contribution >= 4 is 28.1 Å². The Balaban J connectivity index is 2.41. The van der Waals surface area contributed by atoms with Crippen LogP contribution in [-0.4, -0.2) is 22.6 Å². The summed E-state index contributed by atoms with van der Waals surface area (Å²) in [6.07, 6.45) is 0.569. The molecular weight excluding hydrogens is 279 g/mol. The molecule has 1 N–H and O–H groups in total. The first-order chi connectivity index (χ1) is 9.56. The highest BCUT2D eigenvalue weighted by atomic mass is 32.1. The van der Waals surface area contributed by atoms with Crippen LogP contribution >= 0.6 is 11.3 Å². The van der Waals surface area contributed by atoms with E-state index < -0.39 is 5.97 Å². The third-order valence-electron chi connectivity index (χ3n) is 2.90. The zero-order chi connectivity index (χ0) is 14.7. The Hall–Kier alpha value is -1.95. The molecule has 20 heavy (non-hydrogen) atoms. The molecule has 0 bridgehead atoms. The highest BCUT2D eigenvalue weighted by Crippen LogP contribution is 2.32. The lowest BCUT2D eigenvalue weighted by molar-refractivity contribution is 0.0701. The van der Waals surface area contributed by atoms with E-state index in [0.29, 0.717) is 23.8 Å². The van der Waals surface area contributed by atoms with Gasteiger partial charge in [-0.05, 0) is 37.6 Å². The second-order valence-electron chi connectivity index (χ2n) is 4.15. The number of carbonyl (C=O) groups is 1. The monoisotopic (exact) mass is 294 g/mol. The Morgan fingerprint density at radius 1 is 1.35 bits per heavy atom. The van der Waals surface area contributed by atoms with Crippen molar-refractivity contribution in [1.82, 2.24) is 4.98 Å². The molecule has 0 fully saturated rings.